The highest BCUT2D eigenvalue weighted by Crippen LogP contribution is 1.84. The van der Waals surface area contributed by atoms with Gasteiger partial charge in [0.15, 0.2) is 5.11 Å². The molecule has 2 N–H and O–H groups in total. The average molecular weight is 176 g/mol. The van der Waals surface area contributed by atoms with Crippen molar-refractivity contribution in [2.45, 2.75) is 13.0 Å². The van der Waals surface area contributed by atoms with Crippen molar-refractivity contribution in [3.63, 3.8) is 0 Å². The molecule has 0 aromatic rings. The van der Waals surface area contributed by atoms with E-state index in [1.54, 1.807) is 19.0 Å². The summed E-state index contributed by atoms with van der Waals surface area (Å²) >= 11 is 4.82. The van der Waals surface area contributed by atoms with Gasteiger partial charge in [0.2, 0.25) is 0 Å². The van der Waals surface area contributed by atoms with Gasteiger partial charge < -0.3 is 15.3 Å². The molecule has 1 atom stereocenters. The fraction of sp³-hybridized carbons (Fsp3) is 0.667. The van der Waals surface area contributed by atoms with Gasteiger partial charge >= 0.3 is 5.97 Å². The molecule has 0 spiro atoms. The van der Waals surface area contributed by atoms with Crippen LogP contribution < -0.4 is 5.32 Å². The Bertz CT molecular complexity index is 170. The molecule has 0 aliphatic carbocycles. The number of hydrogen-bond donors (Lipinski definition) is 2. The standard InChI is InChI=1S/C6H12N2O2S/c1-4(5(9)10)7-6(11)8(2)3/h4H,1-3H3,(H,7,11)(H,9,10)/t4-/m0/s1. The maximum absolute atomic E-state index is 10.3. The van der Waals surface area contributed by atoms with Gasteiger partial charge in [0.25, 0.3) is 0 Å². The molecule has 0 aromatic carbocycles. The monoisotopic (exact) mass is 176 g/mol. The second-order valence-corrected chi connectivity index (χ2v) is 2.79. The molecule has 0 aliphatic rings. The summed E-state index contributed by atoms with van der Waals surface area (Å²) in [5.41, 5.74) is 0. The largest absolute Gasteiger partial charge is 0.480 e. The molecule has 0 unspecified atom stereocenters. The van der Waals surface area contributed by atoms with Crippen LogP contribution in [-0.2, 0) is 4.79 Å². The summed E-state index contributed by atoms with van der Waals surface area (Å²) in [5, 5.41) is 11.5. The third-order valence-corrected chi connectivity index (χ3v) is 1.60. The summed E-state index contributed by atoms with van der Waals surface area (Å²) in [7, 11) is 3.51. The minimum atomic E-state index is -0.908. The van der Waals surface area contributed by atoms with Gasteiger partial charge in [-0.3, -0.25) is 4.79 Å². The number of aliphatic carboxylic acids is 1. The van der Waals surface area contributed by atoms with E-state index in [-0.39, 0.29) is 0 Å². The van der Waals surface area contributed by atoms with Crippen LogP contribution >= 0.6 is 12.2 Å². The van der Waals surface area contributed by atoms with E-state index in [1.807, 2.05) is 0 Å². The highest BCUT2D eigenvalue weighted by molar-refractivity contribution is 7.80. The fourth-order valence-corrected chi connectivity index (χ4v) is 0.553. The second kappa shape index (κ2) is 4.12. The zero-order chi connectivity index (χ0) is 9.02. The maximum Gasteiger partial charge on any atom is 0.325 e. The average Bonchev–Trinajstić information content (AvgIpc) is 1.87. The molecule has 4 nitrogen and oxygen atoms in total. The third-order valence-electron chi connectivity index (χ3n) is 1.12. The molecular weight excluding hydrogens is 164 g/mol. The highest BCUT2D eigenvalue weighted by Gasteiger charge is 2.11. The zero-order valence-corrected chi connectivity index (χ0v) is 7.60. The predicted molar refractivity (Wildman–Crippen MR) is 46.5 cm³/mol. The van der Waals surface area contributed by atoms with Gasteiger partial charge in [0, 0.05) is 14.1 Å². The highest BCUT2D eigenvalue weighted by atomic mass is 32.1. The van der Waals surface area contributed by atoms with E-state index < -0.39 is 12.0 Å². The number of carboxylic acids is 1. The molecule has 0 aromatic heterocycles. The molecule has 0 saturated carbocycles. The normalized spacial score (nSPS) is 11.9. The summed E-state index contributed by atoms with van der Waals surface area (Å²) in [5.74, 6) is -0.908. The Balaban J connectivity index is 3.85. The van der Waals surface area contributed by atoms with E-state index in [2.05, 4.69) is 5.32 Å². The summed E-state index contributed by atoms with van der Waals surface area (Å²) in [4.78, 5) is 12.0. The molecule has 5 heteroatoms. The van der Waals surface area contributed by atoms with Crippen molar-refractivity contribution >= 4 is 23.3 Å². The van der Waals surface area contributed by atoms with Gasteiger partial charge in [-0.2, -0.15) is 0 Å². The van der Waals surface area contributed by atoms with E-state index in [4.69, 9.17) is 17.3 Å². The Morgan fingerprint density at radius 3 is 2.36 bits per heavy atom. The Kier molecular flexibility index (Phi) is 3.81. The number of carbonyl (C=O) groups is 1. The molecule has 0 fully saturated rings. The predicted octanol–water partition coefficient (Wildman–Crippen LogP) is -0.104. The number of hydrogen-bond acceptors (Lipinski definition) is 2. The second-order valence-electron chi connectivity index (χ2n) is 2.40. The summed E-state index contributed by atoms with van der Waals surface area (Å²) < 4.78 is 0. The molecule has 0 bridgehead atoms. The number of rotatable bonds is 2. The lowest BCUT2D eigenvalue weighted by atomic mass is 10.3. The smallest absolute Gasteiger partial charge is 0.325 e. The Morgan fingerprint density at radius 1 is 1.64 bits per heavy atom. The van der Waals surface area contributed by atoms with Gasteiger partial charge in [-0.05, 0) is 19.1 Å². The van der Waals surface area contributed by atoms with Crippen LogP contribution in [-0.4, -0.2) is 41.2 Å². The van der Waals surface area contributed by atoms with Crippen molar-refractivity contribution in [2.24, 2.45) is 0 Å². The van der Waals surface area contributed by atoms with Crippen LogP contribution in [0.4, 0.5) is 0 Å². The van der Waals surface area contributed by atoms with Crippen LogP contribution in [0.5, 0.6) is 0 Å². The van der Waals surface area contributed by atoms with Gasteiger partial charge in [-0.25, -0.2) is 0 Å². The van der Waals surface area contributed by atoms with Gasteiger partial charge in [0.05, 0.1) is 0 Å². The Hall–Kier alpha value is -0.840. The molecule has 0 rings (SSSR count). The van der Waals surface area contributed by atoms with Crippen molar-refractivity contribution in [1.29, 1.82) is 0 Å². The van der Waals surface area contributed by atoms with Gasteiger partial charge in [-0.1, -0.05) is 0 Å². The third kappa shape index (κ3) is 3.77. The first kappa shape index (κ1) is 10.2. The molecule has 0 aliphatic heterocycles. The molecule has 0 saturated heterocycles. The summed E-state index contributed by atoms with van der Waals surface area (Å²) in [6.07, 6.45) is 0. The Morgan fingerprint density at radius 2 is 2.09 bits per heavy atom. The van der Waals surface area contributed by atoms with Crippen molar-refractivity contribution in [2.75, 3.05) is 14.1 Å². The van der Waals surface area contributed by atoms with Crippen LogP contribution in [0.1, 0.15) is 6.92 Å². The number of nitrogens with one attached hydrogen (secondary N) is 1. The van der Waals surface area contributed by atoms with Crippen LogP contribution in [0.2, 0.25) is 0 Å². The number of carboxylic acid groups (broad SMARTS) is 1. The molecule has 0 amide bonds. The maximum atomic E-state index is 10.3. The minimum Gasteiger partial charge on any atom is -0.480 e. The lowest BCUT2D eigenvalue weighted by Gasteiger charge is -2.17. The minimum absolute atomic E-state index is 0.430. The molecular formula is C6H12N2O2S. The first-order chi connectivity index (χ1) is 4.95. The van der Waals surface area contributed by atoms with E-state index in [0.29, 0.717) is 5.11 Å². The Labute approximate surface area is 71.2 Å². The molecule has 64 valence electrons. The molecule has 0 heterocycles. The van der Waals surface area contributed by atoms with Gasteiger partial charge in [0.1, 0.15) is 6.04 Å². The summed E-state index contributed by atoms with van der Waals surface area (Å²) in [6.45, 7) is 1.54. The lowest BCUT2D eigenvalue weighted by molar-refractivity contribution is -0.138. The molecule has 11 heavy (non-hydrogen) atoms. The van der Waals surface area contributed by atoms with Crippen molar-refractivity contribution in [3.8, 4) is 0 Å². The van der Waals surface area contributed by atoms with Gasteiger partial charge in [-0.15, -0.1) is 0 Å². The first-order valence-electron chi connectivity index (χ1n) is 3.15. The zero-order valence-electron chi connectivity index (χ0n) is 6.79. The fourth-order valence-electron chi connectivity index (χ4n) is 0.376. The van der Waals surface area contributed by atoms with Crippen molar-refractivity contribution < 1.29 is 9.90 Å². The van der Waals surface area contributed by atoms with Crippen LogP contribution in [0.3, 0.4) is 0 Å². The van der Waals surface area contributed by atoms with E-state index >= 15 is 0 Å². The number of thiocarbonyl (C=S) groups is 1. The van der Waals surface area contributed by atoms with E-state index in [0.717, 1.165) is 0 Å². The lowest BCUT2D eigenvalue weighted by Crippen LogP contribution is -2.43. The number of nitrogens with zero attached hydrogens (tertiary/aromatic N) is 1. The van der Waals surface area contributed by atoms with E-state index in [1.165, 1.54) is 6.92 Å². The van der Waals surface area contributed by atoms with Crippen LogP contribution in [0, 0.1) is 0 Å². The van der Waals surface area contributed by atoms with Crippen LogP contribution in [0.25, 0.3) is 0 Å². The van der Waals surface area contributed by atoms with Crippen molar-refractivity contribution in [3.05, 3.63) is 0 Å². The topological polar surface area (TPSA) is 52.6 Å². The SMILES string of the molecule is C[C@H](NC(=S)N(C)C)C(=O)O. The summed E-state index contributed by atoms with van der Waals surface area (Å²) in [6, 6.07) is -0.634. The van der Waals surface area contributed by atoms with Crippen molar-refractivity contribution in [1.82, 2.24) is 10.2 Å². The van der Waals surface area contributed by atoms with Crippen LogP contribution in [0.15, 0.2) is 0 Å². The quantitative estimate of drug-likeness (QED) is 0.575. The molecule has 0 radical (unpaired) electrons. The first-order valence-corrected chi connectivity index (χ1v) is 3.56. The van der Waals surface area contributed by atoms with E-state index in [9.17, 15) is 4.79 Å².